The molecule has 2 amide bonds. The predicted octanol–water partition coefficient (Wildman–Crippen LogP) is -0.560. The van der Waals surface area contributed by atoms with Crippen molar-refractivity contribution in [2.24, 2.45) is 7.05 Å². The quantitative estimate of drug-likeness (QED) is 0.741. The van der Waals surface area contributed by atoms with Crippen LogP contribution in [0.1, 0.15) is 19.8 Å². The normalized spacial score (nSPS) is 21.5. The molecule has 0 N–H and O–H groups in total. The van der Waals surface area contributed by atoms with Gasteiger partial charge in [0, 0.05) is 51.8 Å². The van der Waals surface area contributed by atoms with Gasteiger partial charge in [0.15, 0.2) is 0 Å². The fraction of sp³-hybridized carbons (Fsp3) is 0.625. The Morgan fingerprint density at radius 2 is 1.96 bits per heavy atom. The minimum Gasteiger partial charge on any atom is -0.367 e. The lowest BCUT2D eigenvalue weighted by Crippen LogP contribution is -2.52. The van der Waals surface area contributed by atoms with E-state index in [1.54, 1.807) is 29.1 Å². The van der Waals surface area contributed by atoms with Crippen molar-refractivity contribution in [1.82, 2.24) is 19.6 Å². The number of hydrogen-bond acceptors (Lipinski definition) is 5. The van der Waals surface area contributed by atoms with E-state index in [0.717, 1.165) is 12.1 Å². The van der Waals surface area contributed by atoms with E-state index in [1.807, 2.05) is 6.92 Å². The number of amides is 2. The first-order chi connectivity index (χ1) is 11.5. The molecule has 0 radical (unpaired) electrons. The van der Waals surface area contributed by atoms with Crippen LogP contribution in [0.3, 0.4) is 0 Å². The third kappa shape index (κ3) is 3.27. The molecule has 0 bridgehead atoms. The summed E-state index contributed by atoms with van der Waals surface area (Å²) >= 11 is 0. The third-order valence-corrected chi connectivity index (χ3v) is 4.89. The number of likely N-dealkylation sites (tertiary alicyclic amines) is 1. The van der Waals surface area contributed by atoms with Gasteiger partial charge in [-0.15, -0.1) is 0 Å². The molecular weight excluding hydrogens is 310 g/mol. The Balaban J connectivity index is 1.56. The van der Waals surface area contributed by atoms with Gasteiger partial charge in [0.05, 0.1) is 18.4 Å². The number of nitrogens with zero attached hydrogens (tertiary/aromatic N) is 5. The molecule has 0 saturated carbocycles. The van der Waals surface area contributed by atoms with E-state index in [-0.39, 0.29) is 30.0 Å². The largest absolute Gasteiger partial charge is 0.367 e. The molecule has 0 aliphatic carbocycles. The Morgan fingerprint density at radius 3 is 2.54 bits per heavy atom. The van der Waals surface area contributed by atoms with Gasteiger partial charge in [-0.1, -0.05) is 0 Å². The highest BCUT2D eigenvalue weighted by atomic mass is 16.2. The molecule has 24 heavy (non-hydrogen) atoms. The van der Waals surface area contributed by atoms with Crippen LogP contribution in [0, 0.1) is 0 Å². The van der Waals surface area contributed by atoms with Crippen molar-refractivity contribution < 1.29 is 9.59 Å². The SMILES string of the molecule is C[C@@H]1CCC(=O)N1CC(=O)N1CCN(c2cnn(C)c(=O)c2)CC1. The van der Waals surface area contributed by atoms with Crippen LogP contribution in [0.4, 0.5) is 5.69 Å². The zero-order chi connectivity index (χ0) is 17.3. The lowest BCUT2D eigenvalue weighted by molar-refractivity contribution is -0.139. The number of carbonyl (C=O) groups excluding carboxylic acids is 2. The van der Waals surface area contributed by atoms with Gasteiger partial charge >= 0.3 is 0 Å². The van der Waals surface area contributed by atoms with Crippen molar-refractivity contribution in [3.8, 4) is 0 Å². The van der Waals surface area contributed by atoms with Gasteiger partial charge in [0.1, 0.15) is 0 Å². The van der Waals surface area contributed by atoms with Gasteiger partial charge in [-0.25, -0.2) is 4.68 Å². The summed E-state index contributed by atoms with van der Waals surface area (Å²) in [7, 11) is 1.61. The number of aryl methyl sites for hydroxylation is 1. The summed E-state index contributed by atoms with van der Waals surface area (Å²) in [5.41, 5.74) is 0.640. The second-order valence-corrected chi connectivity index (χ2v) is 6.45. The Bertz CT molecular complexity index is 693. The maximum Gasteiger partial charge on any atom is 0.268 e. The van der Waals surface area contributed by atoms with E-state index >= 15 is 0 Å². The van der Waals surface area contributed by atoms with Crippen molar-refractivity contribution in [2.75, 3.05) is 37.6 Å². The lowest BCUT2D eigenvalue weighted by Gasteiger charge is -2.36. The van der Waals surface area contributed by atoms with Crippen molar-refractivity contribution >= 4 is 17.5 Å². The zero-order valence-electron chi connectivity index (χ0n) is 14.1. The van der Waals surface area contributed by atoms with Gasteiger partial charge in [0.25, 0.3) is 5.56 Å². The van der Waals surface area contributed by atoms with Gasteiger partial charge < -0.3 is 14.7 Å². The van der Waals surface area contributed by atoms with Crippen LogP contribution < -0.4 is 10.5 Å². The molecular formula is C16H23N5O3. The number of hydrogen-bond donors (Lipinski definition) is 0. The summed E-state index contributed by atoms with van der Waals surface area (Å²) in [5.74, 6) is 0.0690. The highest BCUT2D eigenvalue weighted by Gasteiger charge is 2.31. The molecule has 2 saturated heterocycles. The van der Waals surface area contributed by atoms with Crippen LogP contribution in [-0.4, -0.2) is 70.2 Å². The first-order valence-electron chi connectivity index (χ1n) is 8.31. The summed E-state index contributed by atoms with van der Waals surface area (Å²) in [6.45, 7) is 4.65. The molecule has 8 heteroatoms. The summed E-state index contributed by atoms with van der Waals surface area (Å²) in [6, 6.07) is 1.71. The summed E-state index contributed by atoms with van der Waals surface area (Å²) in [5, 5.41) is 4.03. The van der Waals surface area contributed by atoms with Crippen molar-refractivity contribution in [3.05, 3.63) is 22.6 Å². The second kappa shape index (κ2) is 6.62. The molecule has 2 aliphatic rings. The Hall–Kier alpha value is -2.38. The number of carbonyl (C=O) groups is 2. The maximum atomic E-state index is 12.4. The fourth-order valence-corrected chi connectivity index (χ4v) is 3.21. The lowest BCUT2D eigenvalue weighted by atomic mass is 10.2. The number of piperazine rings is 1. The van der Waals surface area contributed by atoms with Gasteiger partial charge in [-0.3, -0.25) is 14.4 Å². The molecule has 0 unspecified atom stereocenters. The minimum absolute atomic E-state index is 0.00106. The highest BCUT2D eigenvalue weighted by Crippen LogP contribution is 2.18. The molecule has 1 aromatic rings. The van der Waals surface area contributed by atoms with Gasteiger partial charge in [0.2, 0.25) is 11.8 Å². The van der Waals surface area contributed by atoms with E-state index in [2.05, 4.69) is 10.00 Å². The predicted molar refractivity (Wildman–Crippen MR) is 88.7 cm³/mol. The summed E-state index contributed by atoms with van der Waals surface area (Å²) in [4.78, 5) is 41.5. The van der Waals surface area contributed by atoms with E-state index in [9.17, 15) is 14.4 Å². The Morgan fingerprint density at radius 1 is 1.25 bits per heavy atom. The monoisotopic (exact) mass is 333 g/mol. The van der Waals surface area contributed by atoms with Crippen LogP contribution >= 0.6 is 0 Å². The van der Waals surface area contributed by atoms with Crippen LogP contribution in [-0.2, 0) is 16.6 Å². The number of aromatic nitrogens is 2. The molecule has 1 aromatic heterocycles. The summed E-state index contributed by atoms with van der Waals surface area (Å²) < 4.78 is 1.29. The molecule has 2 fully saturated rings. The average molecular weight is 333 g/mol. The second-order valence-electron chi connectivity index (χ2n) is 6.45. The van der Waals surface area contributed by atoms with Crippen molar-refractivity contribution in [2.45, 2.75) is 25.8 Å². The van der Waals surface area contributed by atoms with Gasteiger partial charge in [-0.05, 0) is 13.3 Å². The van der Waals surface area contributed by atoms with Crippen LogP contribution in [0.15, 0.2) is 17.1 Å². The molecule has 0 aromatic carbocycles. The van der Waals surface area contributed by atoms with Crippen molar-refractivity contribution in [1.29, 1.82) is 0 Å². The maximum absolute atomic E-state index is 12.4. The number of rotatable bonds is 3. The van der Waals surface area contributed by atoms with E-state index in [0.29, 0.717) is 32.6 Å². The summed E-state index contributed by atoms with van der Waals surface area (Å²) in [6.07, 6.45) is 3.04. The van der Waals surface area contributed by atoms with Crippen LogP contribution in [0.25, 0.3) is 0 Å². The van der Waals surface area contributed by atoms with Crippen LogP contribution in [0.2, 0.25) is 0 Å². The standard InChI is InChI=1S/C16H23N5O3/c1-12-3-4-14(22)21(12)11-16(24)20-7-5-19(6-8-20)13-9-15(23)18(2)17-10-13/h9-10,12H,3-8,11H2,1-2H3/t12-/m1/s1. The van der Waals surface area contributed by atoms with Crippen LogP contribution in [0.5, 0.6) is 0 Å². The first kappa shape index (κ1) is 16.5. The highest BCUT2D eigenvalue weighted by molar-refractivity contribution is 5.86. The smallest absolute Gasteiger partial charge is 0.268 e. The Kier molecular flexibility index (Phi) is 4.55. The molecule has 1 atom stereocenters. The number of anilines is 1. The van der Waals surface area contributed by atoms with E-state index < -0.39 is 0 Å². The van der Waals surface area contributed by atoms with E-state index in [4.69, 9.17) is 0 Å². The van der Waals surface area contributed by atoms with Crippen molar-refractivity contribution in [3.63, 3.8) is 0 Å². The fourth-order valence-electron chi connectivity index (χ4n) is 3.21. The molecule has 0 spiro atoms. The molecule has 3 heterocycles. The van der Waals surface area contributed by atoms with E-state index in [1.165, 1.54) is 4.68 Å². The topological polar surface area (TPSA) is 78.8 Å². The van der Waals surface area contributed by atoms with Gasteiger partial charge in [-0.2, -0.15) is 5.10 Å². The third-order valence-electron chi connectivity index (χ3n) is 4.89. The first-order valence-corrected chi connectivity index (χ1v) is 8.31. The Labute approximate surface area is 140 Å². The molecule has 8 nitrogen and oxygen atoms in total. The molecule has 130 valence electrons. The average Bonchev–Trinajstić information content (AvgIpc) is 2.89. The molecule has 3 rings (SSSR count). The molecule has 2 aliphatic heterocycles. The zero-order valence-corrected chi connectivity index (χ0v) is 14.1. The minimum atomic E-state index is -0.146.